The Hall–Kier alpha value is -2.67. The minimum absolute atomic E-state index is 0.0713. The van der Waals surface area contributed by atoms with E-state index in [4.69, 9.17) is 14.5 Å². The van der Waals surface area contributed by atoms with E-state index in [-0.39, 0.29) is 29.8 Å². The second-order valence-electron chi connectivity index (χ2n) is 9.75. The highest BCUT2D eigenvalue weighted by Crippen LogP contribution is 2.65. The van der Waals surface area contributed by atoms with E-state index in [9.17, 15) is 19.1 Å². The van der Waals surface area contributed by atoms with Crippen LogP contribution in [-0.4, -0.2) is 71.7 Å². The average molecular weight is 591 g/mol. The molecule has 0 radical (unpaired) electrons. The van der Waals surface area contributed by atoms with Gasteiger partial charge in [0.2, 0.25) is 0 Å². The van der Waals surface area contributed by atoms with Gasteiger partial charge in [0.1, 0.15) is 11.9 Å². The third-order valence-corrected chi connectivity index (χ3v) is 9.59. The van der Waals surface area contributed by atoms with Gasteiger partial charge in [0.25, 0.3) is 0 Å². The van der Waals surface area contributed by atoms with Crippen molar-refractivity contribution in [2.24, 2.45) is 16.3 Å². The van der Waals surface area contributed by atoms with Gasteiger partial charge in [0, 0.05) is 52.2 Å². The molecule has 1 saturated carbocycles. The van der Waals surface area contributed by atoms with Gasteiger partial charge >= 0.3 is 11.9 Å². The maximum absolute atomic E-state index is 13.9. The number of likely N-dealkylation sites (tertiary alicyclic amines) is 1. The first kappa shape index (κ1) is 24.7. The molecule has 37 heavy (non-hydrogen) atoms. The molecule has 4 unspecified atom stereocenters. The zero-order valence-corrected chi connectivity index (χ0v) is 22.2. The number of aliphatic carboxylic acids is 1. The number of thiazole rings is 1. The summed E-state index contributed by atoms with van der Waals surface area (Å²) in [6.45, 7) is 1.49. The van der Waals surface area contributed by atoms with E-state index >= 15 is 0 Å². The third kappa shape index (κ3) is 3.84. The molecule has 4 heterocycles. The molecule has 6 rings (SSSR count). The summed E-state index contributed by atoms with van der Waals surface area (Å²) in [5.74, 6) is -1.12. The number of aliphatic imine (C=N–C) groups is 1. The zero-order chi connectivity index (χ0) is 25.9. The van der Waals surface area contributed by atoms with E-state index in [2.05, 4.69) is 31.1 Å². The van der Waals surface area contributed by atoms with Crippen molar-refractivity contribution in [3.05, 3.63) is 61.9 Å². The van der Waals surface area contributed by atoms with Crippen molar-refractivity contribution in [2.45, 2.75) is 31.0 Å². The Bertz CT molecular complexity index is 1330. The summed E-state index contributed by atoms with van der Waals surface area (Å²) in [5.41, 5.74) is 1.45. The van der Waals surface area contributed by atoms with Gasteiger partial charge in [0.05, 0.1) is 25.9 Å². The summed E-state index contributed by atoms with van der Waals surface area (Å²) >= 11 is 4.86. The normalized spacial score (nSPS) is 30.4. The number of ether oxygens (including phenoxy) is 2. The minimum Gasteiger partial charge on any atom is -0.481 e. The van der Waals surface area contributed by atoms with Crippen molar-refractivity contribution >= 4 is 45.0 Å². The lowest BCUT2D eigenvalue weighted by atomic mass is 9.46. The zero-order valence-electron chi connectivity index (χ0n) is 19.8. The number of methoxy groups -OCH3 is 1. The van der Waals surface area contributed by atoms with Gasteiger partial charge in [-0.3, -0.25) is 14.7 Å². The van der Waals surface area contributed by atoms with Crippen molar-refractivity contribution in [2.75, 3.05) is 26.9 Å². The number of carboxylic acids is 1. The highest BCUT2D eigenvalue weighted by Gasteiger charge is 2.73. The molecule has 3 fully saturated rings. The molecule has 1 aromatic carbocycles. The smallest absolute Gasteiger partial charge is 0.338 e. The number of benzene rings is 1. The van der Waals surface area contributed by atoms with Crippen molar-refractivity contribution in [3.8, 4) is 0 Å². The van der Waals surface area contributed by atoms with Crippen LogP contribution in [-0.2, 0) is 19.1 Å². The van der Waals surface area contributed by atoms with Gasteiger partial charge in [-0.1, -0.05) is 22.0 Å². The van der Waals surface area contributed by atoms with Crippen LogP contribution in [0.5, 0.6) is 0 Å². The summed E-state index contributed by atoms with van der Waals surface area (Å²) in [6, 6.07) is 3.80. The summed E-state index contributed by atoms with van der Waals surface area (Å²) in [6.07, 6.45) is 2.59. The van der Waals surface area contributed by atoms with Crippen molar-refractivity contribution < 1.29 is 28.6 Å². The Morgan fingerprint density at radius 2 is 2.24 bits per heavy atom. The van der Waals surface area contributed by atoms with Crippen LogP contribution in [0.2, 0.25) is 0 Å². The van der Waals surface area contributed by atoms with Crippen molar-refractivity contribution in [1.29, 1.82) is 0 Å². The number of rotatable bonds is 7. The fourth-order valence-corrected chi connectivity index (χ4v) is 7.62. The second-order valence-corrected chi connectivity index (χ2v) is 11.5. The number of halogens is 2. The summed E-state index contributed by atoms with van der Waals surface area (Å²) < 4.78 is 25.4. The summed E-state index contributed by atoms with van der Waals surface area (Å²) in [5, 5.41) is 15.2. The first-order chi connectivity index (χ1) is 17.8. The molecular weight excluding hydrogens is 567 g/mol. The molecule has 194 valence electrons. The highest BCUT2D eigenvalue weighted by atomic mass is 79.9. The number of aromatic nitrogens is 1. The molecule has 1 aromatic heterocycles. The standard InChI is InChI=1S/C25H24BrFN4O5S/c1-35-24(34)20-16(9-31-17-6-12(7-19(32)33)25(17)11-36-10-18(25)31)29-22(23-28-4-5-37-23)30-21(20)14-3-2-13(27)8-15(14)26/h2-5,8,12,17-18,21H,6-7,9-11H2,1H3,(H,29,30)(H,32,33)/t12?,17?,18?,21-,25?/m0/s1. The summed E-state index contributed by atoms with van der Waals surface area (Å²) in [7, 11) is 1.33. The Morgan fingerprint density at radius 1 is 1.41 bits per heavy atom. The predicted molar refractivity (Wildman–Crippen MR) is 136 cm³/mol. The van der Waals surface area contributed by atoms with E-state index in [1.165, 1.54) is 30.6 Å². The third-order valence-electron chi connectivity index (χ3n) is 8.12. The topological polar surface area (TPSA) is 113 Å². The Labute approximate surface area is 224 Å². The number of amidine groups is 1. The molecule has 2 aromatic rings. The monoisotopic (exact) mass is 590 g/mol. The van der Waals surface area contributed by atoms with Gasteiger partial charge in [-0.05, 0) is 30.0 Å². The molecule has 4 aliphatic rings. The second kappa shape index (κ2) is 9.26. The SMILES string of the molecule is COC(=O)C1=C(CN2C3COCC34C(CC(=O)O)CC24)NC(c2nccs2)=N[C@H]1c1ccc(F)cc1Br. The van der Waals surface area contributed by atoms with E-state index in [1.807, 2.05) is 5.38 Å². The van der Waals surface area contributed by atoms with Crippen LogP contribution in [0, 0.1) is 17.2 Å². The van der Waals surface area contributed by atoms with E-state index in [1.54, 1.807) is 12.3 Å². The van der Waals surface area contributed by atoms with Gasteiger partial charge in [-0.2, -0.15) is 0 Å². The summed E-state index contributed by atoms with van der Waals surface area (Å²) in [4.78, 5) is 36.1. The first-order valence-corrected chi connectivity index (χ1v) is 13.6. The number of carbonyl (C=O) groups excluding carboxylic acids is 1. The van der Waals surface area contributed by atoms with Crippen LogP contribution in [0.4, 0.5) is 4.39 Å². The van der Waals surface area contributed by atoms with E-state index in [0.717, 1.165) is 6.42 Å². The largest absolute Gasteiger partial charge is 0.481 e. The average Bonchev–Trinajstić information content (AvgIpc) is 3.55. The lowest BCUT2D eigenvalue weighted by Gasteiger charge is -2.71. The fraction of sp³-hybridized carbons (Fsp3) is 0.440. The van der Waals surface area contributed by atoms with Crippen LogP contribution < -0.4 is 5.32 Å². The minimum atomic E-state index is -0.788. The fourth-order valence-electron chi connectivity index (χ4n) is 6.47. The number of nitrogens with one attached hydrogen (secondary N) is 1. The van der Waals surface area contributed by atoms with Crippen molar-refractivity contribution in [3.63, 3.8) is 0 Å². The number of carboxylic acid groups (broad SMARTS) is 1. The molecule has 2 saturated heterocycles. The molecule has 3 aliphatic heterocycles. The molecular formula is C25H24BrFN4O5S. The van der Waals surface area contributed by atoms with Crippen LogP contribution in [0.25, 0.3) is 0 Å². The van der Waals surface area contributed by atoms with Crippen LogP contribution in [0.1, 0.15) is 29.5 Å². The number of carbonyl (C=O) groups is 2. The maximum atomic E-state index is 13.9. The number of nitrogens with zero attached hydrogens (tertiary/aromatic N) is 3. The number of piperidine rings is 1. The van der Waals surface area contributed by atoms with E-state index in [0.29, 0.717) is 51.9 Å². The van der Waals surface area contributed by atoms with Crippen LogP contribution in [0.15, 0.2) is 50.5 Å². The Morgan fingerprint density at radius 3 is 2.95 bits per heavy atom. The lowest BCUT2D eigenvalue weighted by Crippen LogP contribution is -2.80. The molecule has 0 bridgehead atoms. The molecule has 1 spiro atoms. The lowest BCUT2D eigenvalue weighted by molar-refractivity contribution is -0.222. The Balaban J connectivity index is 1.38. The predicted octanol–water partition coefficient (Wildman–Crippen LogP) is 3.13. The molecule has 5 atom stereocenters. The van der Waals surface area contributed by atoms with Gasteiger partial charge < -0.3 is 19.9 Å². The van der Waals surface area contributed by atoms with E-state index < -0.39 is 23.8 Å². The highest BCUT2D eigenvalue weighted by molar-refractivity contribution is 9.10. The van der Waals surface area contributed by atoms with Gasteiger partial charge in [0.15, 0.2) is 10.8 Å². The quantitative estimate of drug-likeness (QED) is 0.473. The van der Waals surface area contributed by atoms with Crippen LogP contribution in [0.3, 0.4) is 0 Å². The molecule has 2 N–H and O–H groups in total. The van der Waals surface area contributed by atoms with Gasteiger partial charge in [-0.25, -0.2) is 14.2 Å². The van der Waals surface area contributed by atoms with Crippen LogP contribution >= 0.6 is 27.3 Å². The molecule has 0 amide bonds. The number of esters is 1. The number of hydrogen-bond acceptors (Lipinski definition) is 9. The number of hydrogen-bond donors (Lipinski definition) is 2. The van der Waals surface area contributed by atoms with Crippen molar-refractivity contribution in [1.82, 2.24) is 15.2 Å². The molecule has 9 nitrogen and oxygen atoms in total. The Kier molecular flexibility index (Phi) is 6.17. The van der Waals surface area contributed by atoms with Gasteiger partial charge in [-0.15, -0.1) is 11.3 Å². The first-order valence-electron chi connectivity index (χ1n) is 11.9. The molecule has 12 heteroatoms. The maximum Gasteiger partial charge on any atom is 0.338 e. The molecule has 1 aliphatic carbocycles.